The molecule has 318 valence electrons. The number of Topliss-reactive ketones (excluding diaryl/α,β-unsaturated/α-hetero) is 1. The number of rotatable bonds is 5. The van der Waals surface area contributed by atoms with Gasteiger partial charge in [0.1, 0.15) is 23.9 Å². The molecule has 3 aromatic carbocycles. The highest BCUT2D eigenvalue weighted by molar-refractivity contribution is 7.99. The number of likely N-dealkylation sites (N-methyl/N-ethyl adjacent to an activating group) is 1. The zero-order valence-corrected chi connectivity index (χ0v) is 36.0. The van der Waals surface area contributed by atoms with Crippen LogP contribution in [0.4, 0.5) is 0 Å². The minimum Gasteiger partial charge on any atom is -0.493 e. The van der Waals surface area contributed by atoms with Gasteiger partial charge in [0, 0.05) is 76.6 Å². The molecule has 0 saturated carbocycles. The Morgan fingerprint density at radius 3 is 2.66 bits per heavy atom. The van der Waals surface area contributed by atoms with Crippen molar-refractivity contribution in [3.63, 3.8) is 0 Å². The SMILES string of the molecule is CCCC(=O)Oc1c(OC)c(C)cc2c1[C@@H]1C3[C@@H]4SC[C@]5(NCCc6c5[nH]c5ccccc65)C(=O)COC[C@@H](c5c6c(c(C)c(OC(C)=O)c54)OCO6)N3[C@@H](C#N)[C@H](C2)N1C. The molecule has 14 nitrogen and oxygen atoms in total. The molecule has 0 amide bonds. The second kappa shape index (κ2) is 15.1. The summed E-state index contributed by atoms with van der Waals surface area (Å²) in [6, 6.07) is 10.4. The lowest BCUT2D eigenvalue weighted by atomic mass is 9.71. The van der Waals surface area contributed by atoms with Gasteiger partial charge < -0.3 is 33.4 Å². The predicted octanol–water partition coefficient (Wildman–Crippen LogP) is 5.80. The summed E-state index contributed by atoms with van der Waals surface area (Å²) in [6.07, 6.45) is 2.08. The number of ketones is 1. The second-order valence-electron chi connectivity index (χ2n) is 17.0. The number of nitrogens with one attached hydrogen (secondary N) is 2. The Hall–Kier alpha value is -5.11. The molecule has 7 aliphatic heterocycles. The lowest BCUT2D eigenvalue weighted by Gasteiger charge is -2.61. The summed E-state index contributed by atoms with van der Waals surface area (Å²) >= 11 is 1.58. The third-order valence-corrected chi connectivity index (χ3v) is 15.2. The fourth-order valence-corrected chi connectivity index (χ4v) is 13.0. The van der Waals surface area contributed by atoms with Crippen molar-refractivity contribution >= 4 is 40.4 Å². The predicted molar refractivity (Wildman–Crippen MR) is 225 cm³/mol. The van der Waals surface area contributed by atoms with Crippen LogP contribution in [0.1, 0.15) is 88.7 Å². The van der Waals surface area contributed by atoms with E-state index in [0.717, 1.165) is 50.8 Å². The Bertz CT molecular complexity index is 2570. The van der Waals surface area contributed by atoms with Crippen LogP contribution in [0.3, 0.4) is 0 Å². The number of methoxy groups -OCH3 is 1. The van der Waals surface area contributed by atoms with Crippen LogP contribution in [-0.4, -0.2) is 97.1 Å². The maximum Gasteiger partial charge on any atom is 0.311 e. The number of nitriles is 1. The van der Waals surface area contributed by atoms with Gasteiger partial charge in [0.25, 0.3) is 0 Å². The number of para-hydroxylation sites is 1. The quantitative estimate of drug-likeness (QED) is 0.183. The zero-order chi connectivity index (χ0) is 42.5. The highest BCUT2D eigenvalue weighted by Gasteiger charge is 2.61. The number of esters is 2. The molecular formula is C46H49N5O9S. The maximum absolute atomic E-state index is 15.0. The summed E-state index contributed by atoms with van der Waals surface area (Å²) in [6.45, 7) is 7.48. The van der Waals surface area contributed by atoms with Crippen LogP contribution in [0.25, 0.3) is 10.9 Å². The van der Waals surface area contributed by atoms with Crippen molar-refractivity contribution in [3.05, 3.63) is 75.0 Å². The van der Waals surface area contributed by atoms with Crippen LogP contribution in [0.15, 0.2) is 30.3 Å². The number of hydrogen-bond donors (Lipinski definition) is 2. The van der Waals surface area contributed by atoms with Crippen molar-refractivity contribution in [1.82, 2.24) is 20.1 Å². The van der Waals surface area contributed by atoms with E-state index >= 15 is 0 Å². The summed E-state index contributed by atoms with van der Waals surface area (Å²) in [4.78, 5) is 49.8. The summed E-state index contributed by atoms with van der Waals surface area (Å²) in [7, 11) is 3.62. The number of nitrogens with zero attached hydrogens (tertiary/aromatic N) is 3. The normalized spacial score (nSPS) is 27.7. The van der Waals surface area contributed by atoms with E-state index in [-0.39, 0.29) is 50.0 Å². The van der Waals surface area contributed by atoms with Gasteiger partial charge in [0.2, 0.25) is 6.79 Å². The molecular weight excluding hydrogens is 799 g/mol. The van der Waals surface area contributed by atoms with Gasteiger partial charge in [-0.3, -0.25) is 29.5 Å². The van der Waals surface area contributed by atoms with Gasteiger partial charge in [-0.15, -0.1) is 11.8 Å². The number of aromatic amines is 1. The molecule has 1 spiro atoms. The Morgan fingerprint density at radius 2 is 1.89 bits per heavy atom. The minimum atomic E-state index is -1.18. The maximum atomic E-state index is 15.0. The Balaban J connectivity index is 1.26. The van der Waals surface area contributed by atoms with E-state index in [9.17, 15) is 19.6 Å². The van der Waals surface area contributed by atoms with E-state index in [2.05, 4.69) is 38.3 Å². The molecule has 7 aliphatic rings. The number of ether oxygens (including phenoxy) is 6. The van der Waals surface area contributed by atoms with Gasteiger partial charge in [-0.1, -0.05) is 31.2 Å². The summed E-state index contributed by atoms with van der Waals surface area (Å²) in [5.74, 6) is 1.49. The average molecular weight is 848 g/mol. The van der Waals surface area contributed by atoms with Crippen molar-refractivity contribution in [3.8, 4) is 34.8 Å². The molecule has 15 heteroatoms. The third kappa shape index (κ3) is 5.86. The molecule has 1 unspecified atom stereocenters. The number of carbonyl (C=O) groups excluding carboxylic acids is 3. The fraction of sp³-hybridized carbons (Fsp3) is 0.478. The monoisotopic (exact) mass is 847 g/mol. The molecule has 8 heterocycles. The number of H-pyrrole nitrogens is 1. The third-order valence-electron chi connectivity index (χ3n) is 13.7. The Morgan fingerprint density at radius 1 is 1.08 bits per heavy atom. The number of piperazine rings is 1. The largest absolute Gasteiger partial charge is 0.493 e. The van der Waals surface area contributed by atoms with E-state index in [4.69, 9.17) is 28.4 Å². The lowest BCUT2D eigenvalue weighted by Crippen LogP contribution is -2.69. The standard InChI is InChI=1S/C46H49N5O9S/c1-7-10-33(54)60-43-34-25(15-22(2)39(43)55-6)16-29-30(17-47)51-31-18-56-19-32(53)46(45-27(13-14-48-46)26-11-8-9-12-28(26)49-45)20-61-44(38(51)37(34)50(29)5)36-35(31)42-41(57-21-58-42)23(3)40(36)59-24(4)52/h8-9,11-12,15,29-31,37-38,44,48-49H,7,10,13-14,16,18-21H2,1-6H3/t29-,30-,31-,37+,38?,44+,46-/m0/s1. The first-order valence-electron chi connectivity index (χ1n) is 21.0. The molecule has 2 N–H and O–H groups in total. The van der Waals surface area contributed by atoms with Crippen LogP contribution in [-0.2, 0) is 37.5 Å². The number of benzene rings is 3. The summed E-state index contributed by atoms with van der Waals surface area (Å²) in [5, 5.41) is 15.6. The van der Waals surface area contributed by atoms with Crippen molar-refractivity contribution in [2.45, 2.75) is 94.4 Å². The van der Waals surface area contributed by atoms with Gasteiger partial charge in [-0.05, 0) is 62.9 Å². The van der Waals surface area contributed by atoms with E-state index in [0.29, 0.717) is 59.3 Å². The van der Waals surface area contributed by atoms with E-state index in [1.165, 1.54) is 6.92 Å². The van der Waals surface area contributed by atoms with Crippen molar-refractivity contribution < 1.29 is 42.8 Å². The number of aromatic nitrogens is 1. The van der Waals surface area contributed by atoms with Gasteiger partial charge in [0.05, 0.1) is 37.1 Å². The second-order valence-corrected chi connectivity index (χ2v) is 18.1. The molecule has 61 heavy (non-hydrogen) atoms. The minimum absolute atomic E-state index is 0.0182. The molecule has 7 atom stereocenters. The molecule has 4 bridgehead atoms. The van der Waals surface area contributed by atoms with Crippen LogP contribution >= 0.6 is 11.8 Å². The summed E-state index contributed by atoms with van der Waals surface area (Å²) in [5.41, 5.74) is 6.35. The highest BCUT2D eigenvalue weighted by atomic mass is 32.2. The molecule has 4 aromatic rings. The molecule has 0 aliphatic carbocycles. The lowest BCUT2D eigenvalue weighted by molar-refractivity contribution is -0.135. The first-order valence-corrected chi connectivity index (χ1v) is 22.1. The number of fused-ring (bicyclic) bond motifs is 12. The Kier molecular flexibility index (Phi) is 9.87. The Labute approximate surface area is 358 Å². The van der Waals surface area contributed by atoms with Crippen molar-refractivity contribution in [2.24, 2.45) is 0 Å². The van der Waals surface area contributed by atoms with Crippen LogP contribution in [0.5, 0.6) is 28.7 Å². The summed E-state index contributed by atoms with van der Waals surface area (Å²) < 4.78 is 37.7. The highest BCUT2D eigenvalue weighted by Crippen LogP contribution is 2.64. The number of thioether (sulfide) groups is 1. The van der Waals surface area contributed by atoms with E-state index in [1.807, 2.05) is 46.0 Å². The number of carbonyl (C=O) groups is 3. The van der Waals surface area contributed by atoms with Gasteiger partial charge in [0.15, 0.2) is 28.8 Å². The molecule has 1 aromatic heterocycles. The smallest absolute Gasteiger partial charge is 0.311 e. The topological polar surface area (TPSA) is 165 Å². The molecule has 2 fully saturated rings. The van der Waals surface area contributed by atoms with Crippen molar-refractivity contribution in [2.75, 3.05) is 46.5 Å². The van der Waals surface area contributed by atoms with E-state index < -0.39 is 40.9 Å². The van der Waals surface area contributed by atoms with Crippen LogP contribution < -0.4 is 29.0 Å². The average Bonchev–Trinajstić information content (AvgIpc) is 3.88. The number of aryl methyl sites for hydroxylation is 1. The fourth-order valence-electron chi connectivity index (χ4n) is 11.2. The van der Waals surface area contributed by atoms with Crippen LogP contribution in [0.2, 0.25) is 0 Å². The molecule has 2 saturated heterocycles. The first kappa shape index (κ1) is 40.0. The molecule has 11 rings (SSSR count). The van der Waals surface area contributed by atoms with Gasteiger partial charge >= 0.3 is 11.9 Å². The van der Waals surface area contributed by atoms with Gasteiger partial charge in [-0.2, -0.15) is 5.26 Å². The van der Waals surface area contributed by atoms with E-state index in [1.54, 1.807) is 18.9 Å². The van der Waals surface area contributed by atoms with Gasteiger partial charge in [-0.25, -0.2) is 0 Å². The first-order chi connectivity index (χ1) is 29.5. The number of hydrogen-bond acceptors (Lipinski definition) is 14. The van der Waals surface area contributed by atoms with Crippen molar-refractivity contribution in [1.29, 1.82) is 5.26 Å². The molecule has 0 radical (unpaired) electrons. The zero-order valence-electron chi connectivity index (χ0n) is 35.1. The van der Waals surface area contributed by atoms with Crippen LogP contribution in [0, 0.1) is 25.2 Å².